The Balaban J connectivity index is 2.46. The van der Waals surface area contributed by atoms with Gasteiger partial charge in [0.05, 0.1) is 17.5 Å². The Hall–Kier alpha value is -1.81. The summed E-state index contributed by atoms with van der Waals surface area (Å²) in [6.45, 7) is 0. The molecule has 0 spiro atoms. The van der Waals surface area contributed by atoms with Crippen molar-refractivity contribution in [3.8, 4) is 11.3 Å². The lowest BCUT2D eigenvalue weighted by atomic mass is 10.1. The molecule has 80 valence electrons. The molecular weight excluding hydrogens is 231 g/mol. The molecule has 0 atom stereocenters. The molecule has 0 saturated heterocycles. The number of nitrogens with zero attached hydrogens (tertiary/aromatic N) is 2. The van der Waals surface area contributed by atoms with E-state index in [1.165, 1.54) is 30.7 Å². The standard InChI is InChI=1S/C11H6ClFN2O/c12-11(16)8-2-1-7(5-9(8)13)10-6-14-3-4-15-10/h1-6H. The molecule has 0 saturated carbocycles. The summed E-state index contributed by atoms with van der Waals surface area (Å²) in [4.78, 5) is 18.7. The van der Waals surface area contributed by atoms with E-state index in [4.69, 9.17) is 11.6 Å². The summed E-state index contributed by atoms with van der Waals surface area (Å²) in [5, 5.41) is -0.816. The van der Waals surface area contributed by atoms with E-state index in [1.54, 1.807) is 6.07 Å². The SMILES string of the molecule is O=C(Cl)c1ccc(-c2cnccn2)cc1F. The number of rotatable bonds is 2. The van der Waals surface area contributed by atoms with Crippen LogP contribution in [0.15, 0.2) is 36.8 Å². The van der Waals surface area contributed by atoms with E-state index in [0.29, 0.717) is 11.3 Å². The zero-order valence-corrected chi connectivity index (χ0v) is 8.78. The zero-order chi connectivity index (χ0) is 11.5. The maximum atomic E-state index is 13.4. The second-order valence-electron chi connectivity index (χ2n) is 3.06. The van der Waals surface area contributed by atoms with E-state index in [-0.39, 0.29) is 5.56 Å². The Morgan fingerprint density at radius 3 is 2.69 bits per heavy atom. The molecule has 2 aromatic rings. The average molecular weight is 237 g/mol. The smallest absolute Gasteiger partial charge is 0.255 e. The zero-order valence-electron chi connectivity index (χ0n) is 8.02. The van der Waals surface area contributed by atoms with Gasteiger partial charge in [0.25, 0.3) is 5.24 Å². The first-order valence-corrected chi connectivity index (χ1v) is 4.82. The molecule has 1 aromatic heterocycles. The van der Waals surface area contributed by atoms with Crippen molar-refractivity contribution in [2.45, 2.75) is 0 Å². The van der Waals surface area contributed by atoms with Gasteiger partial charge in [0.2, 0.25) is 0 Å². The Kier molecular flexibility index (Phi) is 2.92. The molecule has 0 aliphatic heterocycles. The number of hydrogen-bond acceptors (Lipinski definition) is 3. The maximum Gasteiger partial charge on any atom is 0.255 e. The van der Waals surface area contributed by atoms with Crippen molar-refractivity contribution in [2.24, 2.45) is 0 Å². The molecule has 2 rings (SSSR count). The van der Waals surface area contributed by atoms with Crippen molar-refractivity contribution in [3.63, 3.8) is 0 Å². The lowest BCUT2D eigenvalue weighted by Gasteiger charge is -2.02. The summed E-state index contributed by atoms with van der Waals surface area (Å²) in [5.41, 5.74) is 0.941. The largest absolute Gasteiger partial charge is 0.275 e. The second-order valence-corrected chi connectivity index (χ2v) is 3.40. The maximum absolute atomic E-state index is 13.4. The van der Waals surface area contributed by atoms with Crippen LogP contribution >= 0.6 is 11.6 Å². The highest BCUT2D eigenvalue weighted by Gasteiger charge is 2.10. The number of benzene rings is 1. The minimum Gasteiger partial charge on any atom is -0.275 e. The van der Waals surface area contributed by atoms with E-state index in [2.05, 4.69) is 9.97 Å². The van der Waals surface area contributed by atoms with Crippen molar-refractivity contribution in [2.75, 3.05) is 0 Å². The van der Waals surface area contributed by atoms with Gasteiger partial charge in [-0.25, -0.2) is 4.39 Å². The van der Waals surface area contributed by atoms with E-state index < -0.39 is 11.1 Å². The topological polar surface area (TPSA) is 42.9 Å². The predicted molar refractivity (Wildman–Crippen MR) is 57.6 cm³/mol. The van der Waals surface area contributed by atoms with Crippen LogP contribution in [0.4, 0.5) is 4.39 Å². The number of aromatic nitrogens is 2. The van der Waals surface area contributed by atoms with Gasteiger partial charge in [0.15, 0.2) is 0 Å². The molecule has 0 aliphatic carbocycles. The molecule has 16 heavy (non-hydrogen) atoms. The van der Waals surface area contributed by atoms with Crippen LogP contribution in [0.5, 0.6) is 0 Å². The van der Waals surface area contributed by atoms with Crippen LogP contribution in [0.25, 0.3) is 11.3 Å². The highest BCUT2D eigenvalue weighted by Crippen LogP contribution is 2.20. The van der Waals surface area contributed by atoms with Crippen LogP contribution in [0.3, 0.4) is 0 Å². The summed E-state index contributed by atoms with van der Waals surface area (Å²) < 4.78 is 13.4. The van der Waals surface area contributed by atoms with E-state index in [1.807, 2.05) is 0 Å². The number of hydrogen-bond donors (Lipinski definition) is 0. The molecule has 1 heterocycles. The molecular formula is C11H6ClFN2O. The third kappa shape index (κ3) is 2.06. The lowest BCUT2D eigenvalue weighted by Crippen LogP contribution is -1.95. The van der Waals surface area contributed by atoms with Gasteiger partial charge in [-0.3, -0.25) is 14.8 Å². The monoisotopic (exact) mass is 236 g/mol. The summed E-state index contributed by atoms with van der Waals surface area (Å²) in [5.74, 6) is -0.664. The van der Waals surface area contributed by atoms with Crippen LogP contribution < -0.4 is 0 Å². The van der Waals surface area contributed by atoms with Crippen molar-refractivity contribution in [1.29, 1.82) is 0 Å². The Morgan fingerprint density at radius 1 is 1.31 bits per heavy atom. The van der Waals surface area contributed by atoms with Gasteiger partial charge < -0.3 is 0 Å². The van der Waals surface area contributed by atoms with Crippen LogP contribution in [0.1, 0.15) is 10.4 Å². The highest BCUT2D eigenvalue weighted by atomic mass is 35.5. The van der Waals surface area contributed by atoms with Crippen LogP contribution in [-0.2, 0) is 0 Å². The molecule has 0 unspecified atom stereocenters. The summed E-state index contributed by atoms with van der Waals surface area (Å²) >= 11 is 5.20. The Morgan fingerprint density at radius 2 is 2.12 bits per heavy atom. The average Bonchev–Trinajstić information content (AvgIpc) is 2.29. The number of carbonyl (C=O) groups excluding carboxylic acids is 1. The molecule has 5 heteroatoms. The molecule has 0 amide bonds. The molecule has 0 radical (unpaired) electrons. The molecule has 1 aromatic carbocycles. The molecule has 0 bridgehead atoms. The van der Waals surface area contributed by atoms with Crippen molar-refractivity contribution in [1.82, 2.24) is 9.97 Å². The first-order valence-electron chi connectivity index (χ1n) is 4.44. The molecule has 0 fully saturated rings. The number of carbonyl (C=O) groups is 1. The highest BCUT2D eigenvalue weighted by molar-refractivity contribution is 6.67. The van der Waals surface area contributed by atoms with Gasteiger partial charge in [-0.2, -0.15) is 0 Å². The van der Waals surface area contributed by atoms with Crippen LogP contribution in [-0.4, -0.2) is 15.2 Å². The van der Waals surface area contributed by atoms with E-state index in [0.717, 1.165) is 0 Å². The normalized spacial score (nSPS) is 10.1. The van der Waals surface area contributed by atoms with Crippen molar-refractivity contribution in [3.05, 3.63) is 48.2 Å². The minimum absolute atomic E-state index is 0.144. The second kappa shape index (κ2) is 4.37. The first-order chi connectivity index (χ1) is 7.68. The van der Waals surface area contributed by atoms with Crippen molar-refractivity contribution >= 4 is 16.8 Å². The Labute approximate surface area is 95.9 Å². The minimum atomic E-state index is -0.816. The fourth-order valence-electron chi connectivity index (χ4n) is 1.28. The third-order valence-corrected chi connectivity index (χ3v) is 2.24. The predicted octanol–water partition coefficient (Wildman–Crippen LogP) is 2.66. The molecule has 3 nitrogen and oxygen atoms in total. The van der Waals surface area contributed by atoms with Crippen LogP contribution in [0, 0.1) is 5.82 Å². The fraction of sp³-hybridized carbons (Fsp3) is 0. The quantitative estimate of drug-likeness (QED) is 0.753. The van der Waals surface area contributed by atoms with E-state index >= 15 is 0 Å². The first kappa shape index (κ1) is 10.7. The molecule has 0 N–H and O–H groups in total. The van der Waals surface area contributed by atoms with Gasteiger partial charge in [-0.1, -0.05) is 6.07 Å². The van der Waals surface area contributed by atoms with Crippen LogP contribution in [0.2, 0.25) is 0 Å². The fourth-order valence-corrected chi connectivity index (χ4v) is 1.44. The summed E-state index contributed by atoms with van der Waals surface area (Å²) in [6, 6.07) is 4.11. The number of halogens is 2. The lowest BCUT2D eigenvalue weighted by molar-refractivity contribution is 0.107. The van der Waals surface area contributed by atoms with E-state index in [9.17, 15) is 9.18 Å². The van der Waals surface area contributed by atoms with Gasteiger partial charge in [0, 0.05) is 18.0 Å². The van der Waals surface area contributed by atoms with Gasteiger partial charge in [-0.15, -0.1) is 0 Å². The Bertz CT molecular complexity index is 531. The third-order valence-electron chi connectivity index (χ3n) is 2.04. The van der Waals surface area contributed by atoms with Gasteiger partial charge in [0.1, 0.15) is 5.82 Å². The van der Waals surface area contributed by atoms with Crippen molar-refractivity contribution < 1.29 is 9.18 Å². The summed E-state index contributed by atoms with van der Waals surface area (Å²) in [7, 11) is 0. The molecule has 0 aliphatic rings. The van der Waals surface area contributed by atoms with Gasteiger partial charge >= 0.3 is 0 Å². The van der Waals surface area contributed by atoms with Gasteiger partial charge in [-0.05, 0) is 23.7 Å². The summed E-state index contributed by atoms with van der Waals surface area (Å²) in [6.07, 6.45) is 4.54.